The maximum atomic E-state index is 5.25. The molecule has 1 aliphatic carbocycles. The normalized spacial score (nSPS) is 17.8. The molecule has 4 aromatic heterocycles. The van der Waals surface area contributed by atoms with E-state index in [4.69, 9.17) is 9.97 Å². The largest absolute Gasteiger partial charge is 0.363 e. The van der Waals surface area contributed by atoms with Crippen molar-refractivity contribution in [1.82, 2.24) is 19.9 Å². The molecule has 0 spiro atoms. The number of pyridine rings is 2. The van der Waals surface area contributed by atoms with Gasteiger partial charge in [-0.1, -0.05) is 19.9 Å². The van der Waals surface area contributed by atoms with Crippen molar-refractivity contribution in [2.45, 2.75) is 52.5 Å². The molecular weight excluding hydrogens is 416 g/mol. The summed E-state index contributed by atoms with van der Waals surface area (Å²) in [6, 6.07) is 5.97. The zero-order chi connectivity index (χ0) is 21.7. The zero-order valence-corrected chi connectivity index (χ0v) is 19.5. The van der Waals surface area contributed by atoms with Crippen LogP contribution in [0, 0.1) is 5.41 Å². The van der Waals surface area contributed by atoms with Gasteiger partial charge in [-0.05, 0) is 60.8 Å². The summed E-state index contributed by atoms with van der Waals surface area (Å²) >= 11 is 1.72. The monoisotopic (exact) mass is 444 g/mol. The van der Waals surface area contributed by atoms with Crippen LogP contribution in [0.4, 0.5) is 11.6 Å². The third kappa shape index (κ3) is 3.39. The van der Waals surface area contributed by atoms with E-state index in [1.165, 1.54) is 41.6 Å². The molecular formula is C25H28N6S. The predicted molar refractivity (Wildman–Crippen MR) is 132 cm³/mol. The highest BCUT2D eigenvalue weighted by molar-refractivity contribution is 7.26. The Morgan fingerprint density at radius 2 is 1.97 bits per heavy atom. The van der Waals surface area contributed by atoms with Gasteiger partial charge in [0.05, 0.1) is 22.5 Å². The second-order valence-corrected chi connectivity index (χ2v) is 10.8. The first kappa shape index (κ1) is 19.9. The van der Waals surface area contributed by atoms with Crippen molar-refractivity contribution in [2.75, 3.05) is 23.3 Å². The van der Waals surface area contributed by atoms with Gasteiger partial charge in [0, 0.05) is 24.7 Å². The van der Waals surface area contributed by atoms with Gasteiger partial charge >= 0.3 is 0 Å². The van der Waals surface area contributed by atoms with Crippen LogP contribution in [0.25, 0.3) is 20.4 Å². The van der Waals surface area contributed by atoms with Crippen molar-refractivity contribution < 1.29 is 0 Å². The van der Waals surface area contributed by atoms with Gasteiger partial charge in [-0.3, -0.25) is 4.98 Å². The molecule has 6 nitrogen and oxygen atoms in total. The lowest BCUT2D eigenvalue weighted by molar-refractivity contribution is 0.316. The predicted octanol–water partition coefficient (Wildman–Crippen LogP) is 5.36. The number of aromatic nitrogens is 4. The average Bonchev–Trinajstić information content (AvgIpc) is 3.45. The molecule has 1 saturated heterocycles. The van der Waals surface area contributed by atoms with Crippen LogP contribution >= 0.6 is 11.3 Å². The molecule has 1 fully saturated rings. The highest BCUT2D eigenvalue weighted by Crippen LogP contribution is 2.46. The summed E-state index contributed by atoms with van der Waals surface area (Å²) in [5.41, 5.74) is 5.26. The number of fused-ring (bicyclic) bond motifs is 5. The topological polar surface area (TPSA) is 66.8 Å². The van der Waals surface area contributed by atoms with Crippen molar-refractivity contribution in [3.8, 4) is 0 Å². The van der Waals surface area contributed by atoms with E-state index in [9.17, 15) is 0 Å². The molecule has 0 aromatic carbocycles. The van der Waals surface area contributed by atoms with E-state index >= 15 is 0 Å². The van der Waals surface area contributed by atoms with E-state index in [2.05, 4.69) is 34.0 Å². The number of nitrogens with zero attached hydrogens (tertiary/aromatic N) is 5. The molecule has 1 N–H and O–H groups in total. The zero-order valence-electron chi connectivity index (χ0n) is 18.7. The number of nitrogens with one attached hydrogen (secondary N) is 1. The van der Waals surface area contributed by atoms with Crippen molar-refractivity contribution in [3.05, 3.63) is 47.5 Å². The first-order chi connectivity index (χ1) is 15.6. The minimum absolute atomic E-state index is 0.297. The van der Waals surface area contributed by atoms with Gasteiger partial charge in [-0.2, -0.15) is 0 Å². The van der Waals surface area contributed by atoms with Gasteiger partial charge < -0.3 is 10.2 Å². The summed E-state index contributed by atoms with van der Waals surface area (Å²) in [5, 5.41) is 4.74. The molecule has 164 valence electrons. The average molecular weight is 445 g/mol. The lowest BCUT2D eigenvalue weighted by Crippen LogP contribution is -2.27. The van der Waals surface area contributed by atoms with Gasteiger partial charge in [-0.25, -0.2) is 15.0 Å². The summed E-state index contributed by atoms with van der Waals surface area (Å²) in [6.07, 6.45) is 9.42. The Morgan fingerprint density at radius 1 is 1.09 bits per heavy atom. The maximum Gasteiger partial charge on any atom is 0.147 e. The molecule has 7 heteroatoms. The van der Waals surface area contributed by atoms with Crippen LogP contribution in [0.1, 0.15) is 49.9 Å². The summed E-state index contributed by atoms with van der Waals surface area (Å²) in [6.45, 7) is 7.66. The highest BCUT2D eigenvalue weighted by Gasteiger charge is 2.32. The van der Waals surface area contributed by atoms with Crippen LogP contribution < -0.4 is 10.2 Å². The molecule has 0 unspecified atom stereocenters. The van der Waals surface area contributed by atoms with Crippen molar-refractivity contribution in [1.29, 1.82) is 0 Å². The lowest BCUT2D eigenvalue weighted by Gasteiger charge is -2.34. The van der Waals surface area contributed by atoms with Crippen molar-refractivity contribution in [3.63, 3.8) is 0 Å². The standard InChI is InChI=1S/C25H28N6S/c1-25(2)9-8-17-18(13-25)19-20-21(32-24(19)30-23(17)31-11-5-6-12-31)22(29-15-28-20)27-14-16-7-3-4-10-26-16/h3-4,7,10,15H,5-6,8-9,11-14H2,1-2H3,(H,27,28,29). The second kappa shape index (κ2) is 7.66. The molecule has 4 aromatic rings. The summed E-state index contributed by atoms with van der Waals surface area (Å²) in [4.78, 5) is 22.6. The second-order valence-electron chi connectivity index (χ2n) is 9.78. The molecule has 32 heavy (non-hydrogen) atoms. The maximum absolute atomic E-state index is 5.25. The fraction of sp³-hybridized carbons (Fsp3) is 0.440. The molecule has 0 radical (unpaired) electrons. The Labute approximate surface area is 192 Å². The van der Waals surface area contributed by atoms with Crippen molar-refractivity contribution >= 4 is 43.4 Å². The van der Waals surface area contributed by atoms with Crippen LogP contribution in [-0.2, 0) is 19.4 Å². The Balaban J connectivity index is 1.51. The third-order valence-electron chi connectivity index (χ3n) is 6.87. The molecule has 5 heterocycles. The smallest absolute Gasteiger partial charge is 0.147 e. The van der Waals surface area contributed by atoms with E-state index in [1.807, 2.05) is 24.4 Å². The summed E-state index contributed by atoms with van der Waals surface area (Å²) in [5.74, 6) is 2.10. The number of hydrogen-bond donors (Lipinski definition) is 1. The first-order valence-corrected chi connectivity index (χ1v) is 12.4. The molecule has 1 aliphatic heterocycles. The minimum atomic E-state index is 0.297. The van der Waals surface area contributed by atoms with Crippen LogP contribution in [-0.4, -0.2) is 33.0 Å². The van der Waals surface area contributed by atoms with Gasteiger partial charge in [-0.15, -0.1) is 11.3 Å². The third-order valence-corrected chi connectivity index (χ3v) is 7.95. The van der Waals surface area contributed by atoms with Crippen LogP contribution in [0.3, 0.4) is 0 Å². The van der Waals surface area contributed by atoms with E-state index in [1.54, 1.807) is 17.7 Å². The van der Waals surface area contributed by atoms with E-state index in [-0.39, 0.29) is 0 Å². The van der Waals surface area contributed by atoms with Gasteiger partial charge in [0.2, 0.25) is 0 Å². The first-order valence-electron chi connectivity index (χ1n) is 11.6. The molecule has 0 amide bonds. The Hall–Kier alpha value is -2.80. The summed E-state index contributed by atoms with van der Waals surface area (Å²) in [7, 11) is 0. The van der Waals surface area contributed by atoms with E-state index < -0.39 is 0 Å². The van der Waals surface area contributed by atoms with Crippen LogP contribution in [0.5, 0.6) is 0 Å². The van der Waals surface area contributed by atoms with Crippen molar-refractivity contribution in [2.24, 2.45) is 5.41 Å². The van der Waals surface area contributed by atoms with Gasteiger partial charge in [0.1, 0.15) is 22.8 Å². The molecule has 0 saturated carbocycles. The molecule has 0 bridgehead atoms. The number of thiophene rings is 1. The minimum Gasteiger partial charge on any atom is -0.363 e. The quantitative estimate of drug-likeness (QED) is 0.457. The summed E-state index contributed by atoms with van der Waals surface area (Å²) < 4.78 is 1.09. The molecule has 6 rings (SSSR count). The van der Waals surface area contributed by atoms with E-state index in [0.717, 1.165) is 52.5 Å². The van der Waals surface area contributed by atoms with E-state index in [0.29, 0.717) is 12.0 Å². The fourth-order valence-corrected chi connectivity index (χ4v) is 6.30. The Bertz CT molecular complexity index is 1290. The lowest BCUT2D eigenvalue weighted by atomic mass is 9.73. The Morgan fingerprint density at radius 3 is 2.78 bits per heavy atom. The van der Waals surface area contributed by atoms with Crippen LogP contribution in [0.2, 0.25) is 0 Å². The highest BCUT2D eigenvalue weighted by atomic mass is 32.1. The fourth-order valence-electron chi connectivity index (χ4n) is 5.18. The SMILES string of the molecule is CC1(C)CCc2c(N3CCCC3)nc3sc4c(NCc5ccccn5)ncnc4c3c2C1. The Kier molecular flexibility index (Phi) is 4.75. The number of hydrogen-bond acceptors (Lipinski definition) is 7. The van der Waals surface area contributed by atoms with Gasteiger partial charge in [0.15, 0.2) is 0 Å². The molecule has 2 aliphatic rings. The number of rotatable bonds is 4. The molecule has 0 atom stereocenters. The van der Waals surface area contributed by atoms with Crippen LogP contribution in [0.15, 0.2) is 30.7 Å². The van der Waals surface area contributed by atoms with Gasteiger partial charge in [0.25, 0.3) is 0 Å². The number of anilines is 2.